The van der Waals surface area contributed by atoms with Crippen LogP contribution in [0.15, 0.2) is 36.4 Å². The molecule has 6 heteroatoms. The SMILES string of the molecule is Cc1cc(C(=O)N2C(C(=O)O)CC3CCCCC32)nn1-c1ccccc1. The maximum Gasteiger partial charge on any atom is 0.326 e. The molecule has 1 aromatic heterocycles. The minimum atomic E-state index is -0.910. The van der Waals surface area contributed by atoms with Crippen LogP contribution in [0, 0.1) is 12.8 Å². The van der Waals surface area contributed by atoms with Gasteiger partial charge in [0.05, 0.1) is 5.69 Å². The van der Waals surface area contributed by atoms with Crippen LogP contribution in [0.25, 0.3) is 5.69 Å². The van der Waals surface area contributed by atoms with E-state index >= 15 is 0 Å². The lowest BCUT2D eigenvalue weighted by molar-refractivity contribution is -0.141. The van der Waals surface area contributed by atoms with Gasteiger partial charge < -0.3 is 10.0 Å². The van der Waals surface area contributed by atoms with E-state index in [1.54, 1.807) is 15.6 Å². The third-order valence-electron chi connectivity index (χ3n) is 5.71. The monoisotopic (exact) mass is 353 g/mol. The highest BCUT2D eigenvalue weighted by molar-refractivity contribution is 5.96. The van der Waals surface area contributed by atoms with Gasteiger partial charge in [-0.2, -0.15) is 5.10 Å². The predicted molar refractivity (Wildman–Crippen MR) is 96.3 cm³/mol. The van der Waals surface area contributed by atoms with Crippen LogP contribution in [0.4, 0.5) is 0 Å². The number of rotatable bonds is 3. The Morgan fingerprint density at radius 2 is 1.88 bits per heavy atom. The molecule has 2 aromatic rings. The first-order chi connectivity index (χ1) is 12.6. The number of carbonyl (C=O) groups excluding carboxylic acids is 1. The van der Waals surface area contributed by atoms with Gasteiger partial charge in [0, 0.05) is 11.7 Å². The van der Waals surface area contributed by atoms with Crippen LogP contribution in [-0.4, -0.2) is 43.7 Å². The Balaban J connectivity index is 1.67. The van der Waals surface area contributed by atoms with Gasteiger partial charge in [-0.15, -0.1) is 0 Å². The molecule has 1 aliphatic heterocycles. The zero-order valence-electron chi connectivity index (χ0n) is 14.8. The average Bonchev–Trinajstić information content (AvgIpc) is 3.23. The molecule has 1 aromatic carbocycles. The fraction of sp³-hybridized carbons (Fsp3) is 0.450. The summed E-state index contributed by atoms with van der Waals surface area (Å²) in [7, 11) is 0. The van der Waals surface area contributed by atoms with E-state index in [0.717, 1.165) is 37.1 Å². The first-order valence-electron chi connectivity index (χ1n) is 9.24. The number of amides is 1. The summed E-state index contributed by atoms with van der Waals surface area (Å²) in [5, 5.41) is 14.1. The number of para-hydroxylation sites is 1. The van der Waals surface area contributed by atoms with Crippen LogP contribution in [0.5, 0.6) is 0 Å². The van der Waals surface area contributed by atoms with Crippen molar-refractivity contribution in [1.82, 2.24) is 14.7 Å². The van der Waals surface area contributed by atoms with E-state index in [1.807, 2.05) is 37.3 Å². The van der Waals surface area contributed by atoms with E-state index in [9.17, 15) is 14.7 Å². The summed E-state index contributed by atoms with van der Waals surface area (Å²) >= 11 is 0. The molecule has 0 spiro atoms. The smallest absolute Gasteiger partial charge is 0.326 e. The summed E-state index contributed by atoms with van der Waals surface area (Å²) in [5.74, 6) is -0.873. The normalized spacial score (nSPS) is 25.1. The van der Waals surface area contributed by atoms with E-state index in [0.29, 0.717) is 18.0 Å². The van der Waals surface area contributed by atoms with Crippen molar-refractivity contribution in [3.63, 3.8) is 0 Å². The quantitative estimate of drug-likeness (QED) is 0.920. The summed E-state index contributed by atoms with van der Waals surface area (Å²) in [6.45, 7) is 1.90. The number of carboxylic acids is 1. The van der Waals surface area contributed by atoms with Crippen molar-refractivity contribution in [2.24, 2.45) is 5.92 Å². The van der Waals surface area contributed by atoms with Crippen molar-refractivity contribution in [1.29, 1.82) is 0 Å². The van der Waals surface area contributed by atoms with Crippen LogP contribution < -0.4 is 0 Å². The molecule has 2 heterocycles. The van der Waals surface area contributed by atoms with Gasteiger partial charge in [0.25, 0.3) is 5.91 Å². The van der Waals surface area contributed by atoms with Crippen molar-refractivity contribution in [3.05, 3.63) is 47.8 Å². The third-order valence-corrected chi connectivity index (χ3v) is 5.71. The zero-order valence-corrected chi connectivity index (χ0v) is 14.8. The highest BCUT2D eigenvalue weighted by Gasteiger charge is 2.48. The second-order valence-electron chi connectivity index (χ2n) is 7.33. The number of aryl methyl sites for hydroxylation is 1. The Bertz CT molecular complexity index is 830. The first-order valence-corrected chi connectivity index (χ1v) is 9.24. The van der Waals surface area contributed by atoms with Crippen LogP contribution in [-0.2, 0) is 4.79 Å². The van der Waals surface area contributed by atoms with Gasteiger partial charge in [0.2, 0.25) is 0 Å². The molecule has 2 fully saturated rings. The fourth-order valence-electron chi connectivity index (χ4n) is 4.51. The van der Waals surface area contributed by atoms with Gasteiger partial charge >= 0.3 is 5.97 Å². The molecule has 1 saturated heterocycles. The van der Waals surface area contributed by atoms with Crippen molar-refractivity contribution < 1.29 is 14.7 Å². The van der Waals surface area contributed by atoms with Gasteiger partial charge in [-0.05, 0) is 50.3 Å². The standard InChI is InChI=1S/C20H23N3O3/c1-13-11-16(21-23(13)15-8-3-2-4-9-15)19(24)22-17-10-6-5-7-14(17)12-18(22)20(25)26/h2-4,8-9,11,14,17-18H,5-7,10,12H2,1H3,(H,25,26). The predicted octanol–water partition coefficient (Wildman–Crippen LogP) is 3.04. The lowest BCUT2D eigenvalue weighted by Crippen LogP contribution is -2.46. The maximum absolute atomic E-state index is 13.2. The van der Waals surface area contributed by atoms with E-state index in [4.69, 9.17) is 0 Å². The second kappa shape index (κ2) is 6.59. The lowest BCUT2D eigenvalue weighted by Gasteiger charge is -2.32. The zero-order chi connectivity index (χ0) is 18.3. The molecule has 4 rings (SSSR count). The summed E-state index contributed by atoms with van der Waals surface area (Å²) in [5.41, 5.74) is 2.06. The van der Waals surface area contributed by atoms with Gasteiger partial charge in [-0.25, -0.2) is 9.48 Å². The van der Waals surface area contributed by atoms with Crippen molar-refractivity contribution in [2.45, 2.75) is 51.1 Å². The molecule has 6 nitrogen and oxygen atoms in total. The molecule has 0 radical (unpaired) electrons. The van der Waals surface area contributed by atoms with E-state index in [1.165, 1.54) is 0 Å². The topological polar surface area (TPSA) is 75.4 Å². The van der Waals surface area contributed by atoms with Crippen molar-refractivity contribution in [3.8, 4) is 5.69 Å². The molecule has 1 N–H and O–H groups in total. The maximum atomic E-state index is 13.2. The number of hydrogen-bond donors (Lipinski definition) is 1. The Morgan fingerprint density at radius 3 is 2.62 bits per heavy atom. The lowest BCUT2D eigenvalue weighted by atomic mass is 9.84. The number of likely N-dealkylation sites (tertiary alicyclic amines) is 1. The van der Waals surface area contributed by atoms with Crippen LogP contribution in [0.1, 0.15) is 48.3 Å². The minimum Gasteiger partial charge on any atom is -0.480 e. The Kier molecular flexibility index (Phi) is 4.26. The average molecular weight is 353 g/mol. The van der Waals surface area contributed by atoms with Gasteiger partial charge in [-0.3, -0.25) is 4.79 Å². The summed E-state index contributed by atoms with van der Waals surface area (Å²) in [6, 6.07) is 10.7. The number of nitrogens with zero attached hydrogens (tertiary/aromatic N) is 3. The van der Waals surface area contributed by atoms with Crippen molar-refractivity contribution >= 4 is 11.9 Å². The summed E-state index contributed by atoms with van der Waals surface area (Å²) in [6.07, 6.45) is 4.63. The Labute approximate surface area is 152 Å². The van der Waals surface area contributed by atoms with Crippen LogP contribution in [0.3, 0.4) is 0 Å². The number of benzene rings is 1. The minimum absolute atomic E-state index is 0.0273. The highest BCUT2D eigenvalue weighted by Crippen LogP contribution is 2.40. The number of fused-ring (bicyclic) bond motifs is 1. The third kappa shape index (κ3) is 2.79. The Hall–Kier alpha value is -2.63. The highest BCUT2D eigenvalue weighted by atomic mass is 16.4. The fourth-order valence-corrected chi connectivity index (χ4v) is 4.51. The molecule has 26 heavy (non-hydrogen) atoms. The van der Waals surface area contributed by atoms with E-state index < -0.39 is 12.0 Å². The number of aliphatic carboxylic acids is 1. The van der Waals surface area contributed by atoms with Crippen molar-refractivity contribution in [2.75, 3.05) is 0 Å². The number of aromatic nitrogens is 2. The number of hydrogen-bond acceptors (Lipinski definition) is 3. The van der Waals surface area contributed by atoms with Crippen LogP contribution in [0.2, 0.25) is 0 Å². The van der Waals surface area contributed by atoms with Gasteiger partial charge in [-0.1, -0.05) is 31.0 Å². The summed E-state index contributed by atoms with van der Waals surface area (Å²) in [4.78, 5) is 26.6. The summed E-state index contributed by atoms with van der Waals surface area (Å²) < 4.78 is 1.73. The molecule has 3 atom stereocenters. The van der Waals surface area contributed by atoms with Crippen LogP contribution >= 0.6 is 0 Å². The van der Waals surface area contributed by atoms with Gasteiger partial charge in [0.1, 0.15) is 6.04 Å². The molecule has 2 aliphatic rings. The molecule has 136 valence electrons. The molecular formula is C20H23N3O3. The molecule has 1 amide bonds. The molecule has 1 aliphatic carbocycles. The van der Waals surface area contributed by atoms with E-state index in [-0.39, 0.29) is 11.9 Å². The van der Waals surface area contributed by atoms with E-state index in [2.05, 4.69) is 5.10 Å². The van der Waals surface area contributed by atoms with Gasteiger partial charge in [0.15, 0.2) is 5.69 Å². The molecular weight excluding hydrogens is 330 g/mol. The second-order valence-corrected chi connectivity index (χ2v) is 7.33. The Morgan fingerprint density at radius 1 is 1.15 bits per heavy atom. The number of carboxylic acid groups (broad SMARTS) is 1. The molecule has 3 unspecified atom stereocenters. The molecule has 1 saturated carbocycles. The largest absolute Gasteiger partial charge is 0.480 e. The number of carbonyl (C=O) groups is 2. The molecule has 0 bridgehead atoms. The first kappa shape index (κ1) is 16.8.